The lowest BCUT2D eigenvalue weighted by atomic mass is 9.48. The van der Waals surface area contributed by atoms with Crippen molar-refractivity contribution < 1.29 is 9.47 Å². The van der Waals surface area contributed by atoms with E-state index in [0.29, 0.717) is 11.9 Å². The summed E-state index contributed by atoms with van der Waals surface area (Å²) in [6, 6.07) is 4.37. The number of guanidine groups is 2. The highest BCUT2D eigenvalue weighted by Crippen LogP contribution is 2.63. The molecule has 1 aromatic carbocycles. The largest absolute Gasteiger partial charge is 0.493 e. The first-order valence-electron chi connectivity index (χ1n) is 12.7. The van der Waals surface area contributed by atoms with Crippen LogP contribution in [0.2, 0.25) is 0 Å². The lowest BCUT2D eigenvalue weighted by molar-refractivity contribution is -0.00511. The highest BCUT2D eigenvalue weighted by Gasteiger charge is 2.54. The summed E-state index contributed by atoms with van der Waals surface area (Å²) in [6.07, 6.45) is 13.3. The Morgan fingerprint density at radius 3 is 2.03 bits per heavy atom. The van der Waals surface area contributed by atoms with Crippen molar-refractivity contribution in [2.45, 2.75) is 81.7 Å². The zero-order valence-corrected chi connectivity index (χ0v) is 20.0. The average Bonchev–Trinajstić information content (AvgIpc) is 2.77. The number of methoxy groups -OCH3 is 2. The van der Waals surface area contributed by atoms with Crippen LogP contribution in [0.4, 0.5) is 5.69 Å². The van der Waals surface area contributed by atoms with Crippen LogP contribution >= 0.6 is 0 Å². The molecule has 33 heavy (non-hydrogen) atoms. The van der Waals surface area contributed by atoms with E-state index < -0.39 is 5.66 Å². The van der Waals surface area contributed by atoms with Crippen LogP contribution in [-0.4, -0.2) is 31.8 Å². The van der Waals surface area contributed by atoms with Gasteiger partial charge in [-0.05, 0) is 99.0 Å². The second-order valence-electron chi connectivity index (χ2n) is 11.2. The third kappa shape index (κ3) is 3.22. The highest BCUT2D eigenvalue weighted by molar-refractivity contribution is 6.06. The fourth-order valence-electron chi connectivity index (χ4n) is 8.39. The summed E-state index contributed by atoms with van der Waals surface area (Å²) in [4.78, 5) is 11.6. The zero-order chi connectivity index (χ0) is 22.8. The lowest BCUT2D eigenvalue weighted by Gasteiger charge is -2.58. The predicted molar refractivity (Wildman–Crippen MR) is 131 cm³/mol. The maximum absolute atomic E-state index is 6.67. The maximum atomic E-state index is 6.67. The molecule has 0 unspecified atom stereocenters. The van der Waals surface area contributed by atoms with E-state index in [-0.39, 0.29) is 5.41 Å². The molecule has 0 saturated heterocycles. The molecule has 7 rings (SSSR count). The number of hydrogen-bond donors (Lipinski definition) is 2. The van der Waals surface area contributed by atoms with E-state index in [4.69, 9.17) is 25.9 Å². The van der Waals surface area contributed by atoms with Gasteiger partial charge < -0.3 is 20.9 Å². The first-order valence-corrected chi connectivity index (χ1v) is 12.7. The summed E-state index contributed by atoms with van der Waals surface area (Å²) in [5.41, 5.74) is 15.0. The van der Waals surface area contributed by atoms with Crippen LogP contribution in [0.3, 0.4) is 0 Å². The molecule has 5 saturated carbocycles. The molecule has 4 N–H and O–H groups in total. The Balaban J connectivity index is 1.55. The molecule has 1 aliphatic heterocycles. The molecule has 0 aromatic heterocycles. The standard InChI is InChI=1S/C26H37N5O2/c1-32-21-11-19(25-13-16-8-17(14-25)10-18(9-16)15-25)20(12-22(21)33-2)31-24(28)29-23(27)30-26(31)6-4-3-5-7-26/h11-12,16-18H,3-10,13-15H2,1-2H3,(H4,27,28,29,30). The van der Waals surface area contributed by atoms with Gasteiger partial charge in [0.1, 0.15) is 5.66 Å². The summed E-state index contributed by atoms with van der Waals surface area (Å²) in [5.74, 6) is 4.76. The van der Waals surface area contributed by atoms with Crippen LogP contribution in [-0.2, 0) is 5.41 Å². The van der Waals surface area contributed by atoms with E-state index in [9.17, 15) is 0 Å². The molecule has 0 atom stereocenters. The molecule has 1 aromatic rings. The molecule has 7 nitrogen and oxygen atoms in total. The van der Waals surface area contributed by atoms with Gasteiger partial charge in [-0.25, -0.2) is 4.99 Å². The van der Waals surface area contributed by atoms with Gasteiger partial charge in [0.15, 0.2) is 11.5 Å². The Bertz CT molecular complexity index is 975. The average molecular weight is 452 g/mol. The number of ether oxygens (including phenoxy) is 2. The molecule has 0 amide bonds. The van der Waals surface area contributed by atoms with Crippen molar-refractivity contribution in [2.24, 2.45) is 39.2 Å². The third-order valence-electron chi connectivity index (χ3n) is 9.20. The van der Waals surface area contributed by atoms with Gasteiger partial charge in [-0.3, -0.25) is 4.90 Å². The minimum absolute atomic E-state index is 0.159. The van der Waals surface area contributed by atoms with Crippen LogP contribution in [0, 0.1) is 17.8 Å². The second kappa shape index (κ2) is 7.54. The minimum Gasteiger partial charge on any atom is -0.493 e. The summed E-state index contributed by atoms with van der Waals surface area (Å²) < 4.78 is 11.6. The fourth-order valence-corrected chi connectivity index (χ4v) is 8.39. The fraction of sp³-hybridized carbons (Fsp3) is 0.692. The SMILES string of the molecule is COc1cc(N2C(N)=NC(N)=NC23CCCCC3)c(C23CC4CC(CC(C4)C2)C3)cc1OC. The molecule has 4 bridgehead atoms. The number of rotatable bonds is 4. The number of hydrogen-bond acceptors (Lipinski definition) is 7. The Hall–Kier alpha value is -2.44. The summed E-state index contributed by atoms with van der Waals surface area (Å²) in [5, 5.41) is 0. The van der Waals surface area contributed by atoms with Gasteiger partial charge in [-0.1, -0.05) is 6.42 Å². The monoisotopic (exact) mass is 451 g/mol. The highest BCUT2D eigenvalue weighted by atomic mass is 16.5. The first kappa shape index (κ1) is 21.1. The van der Waals surface area contributed by atoms with Crippen LogP contribution in [0.5, 0.6) is 11.5 Å². The number of aliphatic imine (C=N–C) groups is 2. The Labute approximate surface area is 196 Å². The van der Waals surface area contributed by atoms with E-state index in [0.717, 1.165) is 60.6 Å². The van der Waals surface area contributed by atoms with Crippen molar-refractivity contribution in [1.82, 2.24) is 0 Å². The van der Waals surface area contributed by atoms with Crippen LogP contribution in [0.25, 0.3) is 0 Å². The predicted octanol–water partition coefficient (Wildman–Crippen LogP) is 4.28. The van der Waals surface area contributed by atoms with Gasteiger partial charge in [-0.15, -0.1) is 0 Å². The van der Waals surface area contributed by atoms with Gasteiger partial charge in [-0.2, -0.15) is 4.99 Å². The summed E-state index contributed by atoms with van der Waals surface area (Å²) >= 11 is 0. The summed E-state index contributed by atoms with van der Waals surface area (Å²) in [6.45, 7) is 0. The Morgan fingerprint density at radius 1 is 0.879 bits per heavy atom. The van der Waals surface area contributed by atoms with Gasteiger partial charge in [0.05, 0.1) is 19.9 Å². The van der Waals surface area contributed by atoms with E-state index in [1.165, 1.54) is 50.5 Å². The topological polar surface area (TPSA) is 98.5 Å². The van der Waals surface area contributed by atoms with Crippen LogP contribution in [0.15, 0.2) is 22.1 Å². The molecule has 1 heterocycles. The van der Waals surface area contributed by atoms with Crippen molar-refractivity contribution in [3.63, 3.8) is 0 Å². The minimum atomic E-state index is -0.467. The zero-order valence-electron chi connectivity index (χ0n) is 20.0. The molecule has 1 spiro atoms. The van der Waals surface area contributed by atoms with Crippen molar-refractivity contribution in [3.05, 3.63) is 17.7 Å². The Kier molecular flexibility index (Phi) is 4.82. The van der Waals surface area contributed by atoms with Gasteiger partial charge in [0.2, 0.25) is 11.9 Å². The van der Waals surface area contributed by atoms with E-state index in [1.807, 2.05) is 0 Å². The molecule has 7 heteroatoms. The lowest BCUT2D eigenvalue weighted by Crippen LogP contribution is -2.59. The number of benzene rings is 1. The summed E-state index contributed by atoms with van der Waals surface area (Å²) in [7, 11) is 3.43. The molecule has 0 radical (unpaired) electrons. The van der Waals surface area contributed by atoms with E-state index in [2.05, 4.69) is 22.0 Å². The van der Waals surface area contributed by atoms with Crippen LogP contribution < -0.4 is 25.8 Å². The molecule has 6 aliphatic rings. The van der Waals surface area contributed by atoms with E-state index in [1.54, 1.807) is 14.2 Å². The normalized spacial score (nSPS) is 34.2. The number of nitrogens with two attached hydrogens (primary N) is 2. The van der Waals surface area contributed by atoms with Crippen molar-refractivity contribution in [2.75, 3.05) is 19.1 Å². The molecule has 5 fully saturated rings. The molecular formula is C26H37N5O2. The van der Waals surface area contributed by atoms with Crippen molar-refractivity contribution >= 4 is 17.6 Å². The number of anilines is 1. The van der Waals surface area contributed by atoms with Crippen molar-refractivity contribution in [1.29, 1.82) is 0 Å². The van der Waals surface area contributed by atoms with Crippen LogP contribution in [0.1, 0.15) is 76.2 Å². The molecule has 178 valence electrons. The van der Waals surface area contributed by atoms with Crippen molar-refractivity contribution in [3.8, 4) is 11.5 Å². The number of nitrogens with zero attached hydrogens (tertiary/aromatic N) is 3. The third-order valence-corrected chi connectivity index (χ3v) is 9.20. The second-order valence-corrected chi connectivity index (χ2v) is 11.2. The van der Waals surface area contributed by atoms with Gasteiger partial charge in [0.25, 0.3) is 0 Å². The Morgan fingerprint density at radius 2 is 1.45 bits per heavy atom. The smallest absolute Gasteiger partial charge is 0.220 e. The molecule has 5 aliphatic carbocycles. The van der Waals surface area contributed by atoms with E-state index >= 15 is 0 Å². The maximum Gasteiger partial charge on any atom is 0.220 e. The van der Waals surface area contributed by atoms with Gasteiger partial charge >= 0.3 is 0 Å². The molecular weight excluding hydrogens is 414 g/mol. The first-order chi connectivity index (χ1) is 15.9. The van der Waals surface area contributed by atoms with Gasteiger partial charge in [0, 0.05) is 6.07 Å². The quantitative estimate of drug-likeness (QED) is 0.712.